The average molecular weight is 368 g/mol. The number of hydrogen-bond acceptors (Lipinski definition) is 6. The number of carbonyl (C=O) groups excluding carboxylic acids is 3. The molecular weight excluding hydrogens is 355 g/mol. The van der Waals surface area contributed by atoms with Crippen molar-refractivity contribution in [2.24, 2.45) is 11.1 Å². The van der Waals surface area contributed by atoms with Crippen LogP contribution >= 0.6 is 0 Å². The van der Waals surface area contributed by atoms with E-state index in [1.807, 2.05) is 0 Å². The maximum atomic E-state index is 13.1. The number of Topliss-reactive ketones (excluding diaryl/α,β-unsaturated/α-hetero) is 1. The van der Waals surface area contributed by atoms with Gasteiger partial charge in [-0.25, -0.2) is 9.29 Å². The molecule has 2 aliphatic rings. The molecule has 4 rings (SSSR count). The second-order valence-corrected chi connectivity index (χ2v) is 6.03. The summed E-state index contributed by atoms with van der Waals surface area (Å²) in [5.41, 5.74) is 0.369. The lowest BCUT2D eigenvalue weighted by Crippen LogP contribution is -2.34. The van der Waals surface area contributed by atoms with Crippen LogP contribution in [0.25, 0.3) is 0 Å². The number of rotatable bonds is 4. The predicted octanol–water partition coefficient (Wildman–Crippen LogP) is 1.96. The van der Waals surface area contributed by atoms with E-state index < -0.39 is 35.4 Å². The van der Waals surface area contributed by atoms with E-state index in [-0.39, 0.29) is 11.4 Å². The zero-order valence-electron chi connectivity index (χ0n) is 14.1. The first-order chi connectivity index (χ1) is 13.0. The van der Waals surface area contributed by atoms with Gasteiger partial charge in [-0.2, -0.15) is 0 Å². The van der Waals surface area contributed by atoms with Crippen LogP contribution in [0, 0.1) is 11.7 Å². The molecule has 0 radical (unpaired) electrons. The van der Waals surface area contributed by atoms with Crippen molar-refractivity contribution >= 4 is 29.0 Å². The summed E-state index contributed by atoms with van der Waals surface area (Å²) in [5, 5.41) is 3.69. The Bertz CT molecular complexity index is 969. The second kappa shape index (κ2) is 6.31. The van der Waals surface area contributed by atoms with Crippen LogP contribution in [-0.4, -0.2) is 36.5 Å². The Balaban J connectivity index is 1.63. The lowest BCUT2D eigenvalue weighted by atomic mass is 9.93. The molecule has 136 valence electrons. The summed E-state index contributed by atoms with van der Waals surface area (Å²) < 4.78 is 18.2. The molecule has 8 heteroatoms. The number of ketones is 1. The summed E-state index contributed by atoms with van der Waals surface area (Å²) in [6.45, 7) is 0. The summed E-state index contributed by atoms with van der Waals surface area (Å²) in [6.07, 6.45) is -1.19. The third-order valence-corrected chi connectivity index (χ3v) is 4.48. The van der Waals surface area contributed by atoms with Crippen molar-refractivity contribution < 1.29 is 28.3 Å². The van der Waals surface area contributed by atoms with Crippen LogP contribution < -0.4 is 9.64 Å². The number of imide groups is 1. The number of hydrogen-bond donors (Lipinski definition) is 0. The highest BCUT2D eigenvalue weighted by atomic mass is 19.1. The van der Waals surface area contributed by atoms with Gasteiger partial charge in [-0.15, -0.1) is 0 Å². The normalized spacial score (nSPS) is 21.0. The van der Waals surface area contributed by atoms with Crippen LogP contribution in [0.2, 0.25) is 0 Å². The van der Waals surface area contributed by atoms with E-state index in [0.717, 1.165) is 17.0 Å². The largest absolute Gasteiger partial charge is 0.497 e. The fraction of sp³-hybridized carbons (Fsp3) is 0.158. The van der Waals surface area contributed by atoms with E-state index in [9.17, 15) is 18.8 Å². The Labute approximate surface area is 153 Å². The molecular formula is C19H13FN2O5. The summed E-state index contributed by atoms with van der Waals surface area (Å²) >= 11 is 0. The Morgan fingerprint density at radius 2 is 1.74 bits per heavy atom. The molecule has 0 unspecified atom stereocenters. The molecule has 0 saturated carbocycles. The third kappa shape index (κ3) is 2.66. The van der Waals surface area contributed by atoms with Crippen LogP contribution in [0.3, 0.4) is 0 Å². The predicted molar refractivity (Wildman–Crippen MR) is 92.0 cm³/mol. The number of fused-ring (bicyclic) bond motifs is 1. The third-order valence-electron chi connectivity index (χ3n) is 4.48. The number of nitrogens with zero attached hydrogens (tertiary/aromatic N) is 2. The molecule has 2 aromatic carbocycles. The maximum Gasteiger partial charge on any atom is 0.278 e. The van der Waals surface area contributed by atoms with Gasteiger partial charge < -0.3 is 9.57 Å². The number of carbonyl (C=O) groups is 3. The molecule has 2 heterocycles. The van der Waals surface area contributed by atoms with Crippen molar-refractivity contribution in [2.75, 3.05) is 12.0 Å². The Hall–Kier alpha value is -3.55. The van der Waals surface area contributed by atoms with E-state index in [4.69, 9.17) is 9.57 Å². The van der Waals surface area contributed by atoms with Crippen LogP contribution in [0.4, 0.5) is 10.1 Å². The topological polar surface area (TPSA) is 85.3 Å². The van der Waals surface area contributed by atoms with Crippen molar-refractivity contribution in [2.45, 2.75) is 6.10 Å². The lowest BCUT2D eigenvalue weighted by Gasteiger charge is -2.15. The smallest absolute Gasteiger partial charge is 0.278 e. The molecule has 27 heavy (non-hydrogen) atoms. The standard InChI is InChI=1S/C19H13FN2O5/c1-26-13-8-2-10(3-9-13)16(23)15-14-17(27-21-15)19(25)22(18(14)24)12-6-4-11(20)5-7-12/h2-9,14,17H,1H3/t14-,17+/m1/s1. The number of ether oxygens (including phenoxy) is 1. The van der Waals surface area contributed by atoms with E-state index >= 15 is 0 Å². The number of amides is 2. The summed E-state index contributed by atoms with van der Waals surface area (Å²) in [4.78, 5) is 44.1. The number of benzene rings is 2. The van der Waals surface area contributed by atoms with Crippen molar-refractivity contribution in [3.05, 3.63) is 59.9 Å². The molecule has 7 nitrogen and oxygen atoms in total. The molecule has 2 aromatic rings. The summed E-state index contributed by atoms with van der Waals surface area (Å²) in [7, 11) is 1.50. The molecule has 2 atom stereocenters. The van der Waals surface area contributed by atoms with Gasteiger partial charge in [0.05, 0.1) is 12.8 Å². The summed E-state index contributed by atoms with van der Waals surface area (Å²) in [5.74, 6) is -2.83. The molecule has 1 saturated heterocycles. The Morgan fingerprint density at radius 1 is 1.07 bits per heavy atom. The van der Waals surface area contributed by atoms with E-state index in [0.29, 0.717) is 11.3 Å². The van der Waals surface area contributed by atoms with Gasteiger partial charge in [0.1, 0.15) is 23.2 Å². The zero-order valence-corrected chi connectivity index (χ0v) is 14.1. The highest BCUT2D eigenvalue weighted by Crippen LogP contribution is 2.34. The SMILES string of the molecule is COc1ccc(C(=O)C2=NO[C@@H]3C(=O)N(c4ccc(F)cc4)C(=O)[C@H]23)cc1. The molecule has 2 amide bonds. The number of halogens is 1. The quantitative estimate of drug-likeness (QED) is 0.608. The van der Waals surface area contributed by atoms with Crippen LogP contribution in [0.5, 0.6) is 5.75 Å². The van der Waals surface area contributed by atoms with Gasteiger partial charge >= 0.3 is 0 Å². The van der Waals surface area contributed by atoms with Crippen LogP contribution in [0.1, 0.15) is 10.4 Å². The van der Waals surface area contributed by atoms with Crippen molar-refractivity contribution in [3.63, 3.8) is 0 Å². The molecule has 0 N–H and O–H groups in total. The Kier molecular flexibility index (Phi) is 3.95. The van der Waals surface area contributed by atoms with Crippen molar-refractivity contribution in [1.29, 1.82) is 0 Å². The minimum absolute atomic E-state index is 0.131. The van der Waals surface area contributed by atoms with Crippen molar-refractivity contribution in [3.8, 4) is 5.75 Å². The van der Waals surface area contributed by atoms with Gasteiger partial charge in [0.15, 0.2) is 0 Å². The van der Waals surface area contributed by atoms with E-state index in [1.165, 1.54) is 31.4 Å². The van der Waals surface area contributed by atoms with Crippen LogP contribution in [0.15, 0.2) is 53.7 Å². The monoisotopic (exact) mass is 368 g/mol. The molecule has 0 spiro atoms. The first-order valence-electron chi connectivity index (χ1n) is 8.07. The summed E-state index contributed by atoms with van der Waals surface area (Å²) in [6, 6.07) is 11.2. The number of methoxy groups -OCH3 is 1. The Morgan fingerprint density at radius 3 is 2.37 bits per heavy atom. The van der Waals surface area contributed by atoms with Gasteiger partial charge in [-0.1, -0.05) is 5.16 Å². The zero-order chi connectivity index (χ0) is 19.1. The average Bonchev–Trinajstić information content (AvgIpc) is 3.23. The lowest BCUT2D eigenvalue weighted by molar-refractivity contribution is -0.126. The highest BCUT2D eigenvalue weighted by molar-refractivity contribution is 6.52. The van der Waals surface area contributed by atoms with Gasteiger partial charge in [0, 0.05) is 5.56 Å². The number of anilines is 1. The van der Waals surface area contributed by atoms with Gasteiger partial charge in [0.2, 0.25) is 17.8 Å². The van der Waals surface area contributed by atoms with Gasteiger partial charge in [0.25, 0.3) is 5.91 Å². The molecule has 0 bridgehead atoms. The van der Waals surface area contributed by atoms with Gasteiger partial charge in [-0.05, 0) is 48.5 Å². The molecule has 0 aromatic heterocycles. The van der Waals surface area contributed by atoms with Crippen LogP contribution in [-0.2, 0) is 14.4 Å². The first-order valence-corrected chi connectivity index (χ1v) is 8.07. The maximum absolute atomic E-state index is 13.1. The minimum atomic E-state index is -1.19. The van der Waals surface area contributed by atoms with E-state index in [1.54, 1.807) is 12.1 Å². The molecule has 0 aliphatic carbocycles. The fourth-order valence-corrected chi connectivity index (χ4v) is 3.10. The molecule has 2 aliphatic heterocycles. The fourth-order valence-electron chi connectivity index (χ4n) is 3.10. The highest BCUT2D eigenvalue weighted by Gasteiger charge is 2.57. The van der Waals surface area contributed by atoms with Gasteiger partial charge in [-0.3, -0.25) is 14.4 Å². The second-order valence-electron chi connectivity index (χ2n) is 6.03. The minimum Gasteiger partial charge on any atom is -0.497 e. The molecule has 1 fully saturated rings. The van der Waals surface area contributed by atoms with E-state index in [2.05, 4.69) is 5.16 Å². The number of oxime groups is 1. The first kappa shape index (κ1) is 16.9. The van der Waals surface area contributed by atoms with Crippen molar-refractivity contribution in [1.82, 2.24) is 0 Å².